The van der Waals surface area contributed by atoms with Gasteiger partial charge in [-0.25, -0.2) is 4.98 Å². The summed E-state index contributed by atoms with van der Waals surface area (Å²) in [5.41, 5.74) is 6.37. The van der Waals surface area contributed by atoms with Crippen molar-refractivity contribution in [1.82, 2.24) is 24.6 Å². The van der Waals surface area contributed by atoms with Crippen LogP contribution in [0.25, 0.3) is 5.65 Å². The molecule has 0 bridgehead atoms. The molecular weight excluding hydrogens is 438 g/mol. The molecule has 0 atom stereocenters. The van der Waals surface area contributed by atoms with E-state index >= 15 is 0 Å². The summed E-state index contributed by atoms with van der Waals surface area (Å²) in [6.45, 7) is 5.83. The largest absolute Gasteiger partial charge is 0.348 e. The van der Waals surface area contributed by atoms with Crippen molar-refractivity contribution in [3.05, 3.63) is 101 Å². The maximum atomic E-state index is 12.9. The molecule has 7 nitrogen and oxygen atoms in total. The fourth-order valence-corrected chi connectivity index (χ4v) is 4.61. The summed E-state index contributed by atoms with van der Waals surface area (Å²) >= 11 is 0. The smallest absolute Gasteiger partial charge is 0.255 e. The topological polar surface area (TPSA) is 79.6 Å². The van der Waals surface area contributed by atoms with Gasteiger partial charge in [-0.2, -0.15) is 0 Å². The molecule has 4 aromatic rings. The molecule has 1 N–H and O–H groups in total. The highest BCUT2D eigenvalue weighted by atomic mass is 16.2. The quantitative estimate of drug-likeness (QED) is 0.475. The Morgan fingerprint density at radius 2 is 1.74 bits per heavy atom. The predicted octanol–water partition coefficient (Wildman–Crippen LogP) is 4.30. The van der Waals surface area contributed by atoms with Crippen LogP contribution in [0.3, 0.4) is 0 Å². The number of piperidine rings is 1. The van der Waals surface area contributed by atoms with Crippen LogP contribution in [0.2, 0.25) is 0 Å². The molecule has 35 heavy (non-hydrogen) atoms. The normalized spacial score (nSPS) is 14.3. The van der Waals surface area contributed by atoms with E-state index in [2.05, 4.69) is 15.3 Å². The molecule has 4 heterocycles. The number of imidazole rings is 1. The molecule has 7 heteroatoms. The third kappa shape index (κ3) is 4.94. The fourth-order valence-electron chi connectivity index (χ4n) is 4.61. The molecule has 0 aliphatic carbocycles. The van der Waals surface area contributed by atoms with Gasteiger partial charge in [-0.15, -0.1) is 0 Å². The van der Waals surface area contributed by atoms with Gasteiger partial charge in [0.2, 0.25) is 0 Å². The first-order chi connectivity index (χ1) is 17.0. The molecule has 1 aromatic carbocycles. The van der Waals surface area contributed by atoms with Crippen molar-refractivity contribution in [3.63, 3.8) is 0 Å². The zero-order chi connectivity index (χ0) is 24.4. The Labute approximate surface area is 204 Å². The third-order valence-electron chi connectivity index (χ3n) is 6.93. The van der Waals surface area contributed by atoms with Crippen LogP contribution in [0.4, 0.5) is 0 Å². The number of rotatable bonds is 5. The number of carbonyl (C=O) groups excluding carboxylic acids is 2. The molecule has 1 saturated heterocycles. The van der Waals surface area contributed by atoms with Crippen molar-refractivity contribution in [3.8, 4) is 0 Å². The van der Waals surface area contributed by atoms with Crippen LogP contribution in [0.1, 0.15) is 61.9 Å². The van der Waals surface area contributed by atoms with Gasteiger partial charge < -0.3 is 14.6 Å². The van der Waals surface area contributed by atoms with Gasteiger partial charge in [-0.3, -0.25) is 14.6 Å². The van der Waals surface area contributed by atoms with Crippen LogP contribution in [0.5, 0.6) is 0 Å². The van der Waals surface area contributed by atoms with E-state index in [0.717, 1.165) is 48.4 Å². The van der Waals surface area contributed by atoms with Crippen molar-refractivity contribution in [1.29, 1.82) is 0 Å². The van der Waals surface area contributed by atoms with Crippen LogP contribution in [-0.4, -0.2) is 44.2 Å². The van der Waals surface area contributed by atoms with Gasteiger partial charge >= 0.3 is 0 Å². The standard InChI is InChI=1S/C28H29N5O2/c1-19-15-25(18-30-20(19)2)28(35)33-12-8-23(9-13-33)22-3-5-24(6-4-22)27(34)31-17-21-7-11-32-14-10-29-26(32)16-21/h3-7,10-11,14-16,18,23H,8-9,12-13,17H2,1-2H3,(H,31,34). The highest BCUT2D eigenvalue weighted by molar-refractivity contribution is 5.94. The molecule has 0 unspecified atom stereocenters. The van der Waals surface area contributed by atoms with Gasteiger partial charge in [0.1, 0.15) is 5.65 Å². The SMILES string of the molecule is Cc1cc(C(=O)N2CCC(c3ccc(C(=O)NCc4ccn5ccnc5c4)cc3)CC2)cnc1C. The second-order valence-electron chi connectivity index (χ2n) is 9.23. The molecule has 1 aliphatic heterocycles. The molecule has 5 rings (SSSR count). The lowest BCUT2D eigenvalue weighted by molar-refractivity contribution is 0.0712. The van der Waals surface area contributed by atoms with Crippen molar-refractivity contribution in [2.45, 2.75) is 39.2 Å². The highest BCUT2D eigenvalue weighted by Gasteiger charge is 2.25. The monoisotopic (exact) mass is 467 g/mol. The van der Waals surface area contributed by atoms with E-state index in [1.165, 1.54) is 5.56 Å². The minimum absolute atomic E-state index is 0.0537. The molecule has 0 spiro atoms. The van der Waals surface area contributed by atoms with Crippen molar-refractivity contribution in [2.75, 3.05) is 13.1 Å². The number of amides is 2. The maximum Gasteiger partial charge on any atom is 0.255 e. The first-order valence-corrected chi connectivity index (χ1v) is 12.0. The van der Waals surface area contributed by atoms with Crippen LogP contribution < -0.4 is 5.32 Å². The Balaban J connectivity index is 1.15. The van der Waals surface area contributed by atoms with Crippen molar-refractivity contribution in [2.24, 2.45) is 0 Å². The number of hydrogen-bond acceptors (Lipinski definition) is 4. The Kier molecular flexibility index (Phi) is 6.31. The Hall–Kier alpha value is -4.00. The van der Waals surface area contributed by atoms with Gasteiger partial charge in [-0.1, -0.05) is 12.1 Å². The Bertz CT molecular complexity index is 1370. The summed E-state index contributed by atoms with van der Waals surface area (Å²) in [4.78, 5) is 36.1. The van der Waals surface area contributed by atoms with Crippen molar-refractivity contribution < 1.29 is 9.59 Å². The average molecular weight is 468 g/mol. The number of hydrogen-bond donors (Lipinski definition) is 1. The van der Waals surface area contributed by atoms with E-state index in [-0.39, 0.29) is 11.8 Å². The zero-order valence-electron chi connectivity index (χ0n) is 20.1. The number of likely N-dealkylation sites (tertiary alicyclic amines) is 1. The predicted molar refractivity (Wildman–Crippen MR) is 134 cm³/mol. The van der Waals surface area contributed by atoms with E-state index in [1.807, 2.05) is 78.0 Å². The van der Waals surface area contributed by atoms with Gasteiger partial charge in [0, 0.05) is 55.7 Å². The second kappa shape index (κ2) is 9.70. The highest BCUT2D eigenvalue weighted by Crippen LogP contribution is 2.29. The maximum absolute atomic E-state index is 12.9. The van der Waals surface area contributed by atoms with Crippen molar-refractivity contribution >= 4 is 17.5 Å². The van der Waals surface area contributed by atoms with E-state index in [0.29, 0.717) is 23.6 Å². The van der Waals surface area contributed by atoms with Gasteiger partial charge in [0.25, 0.3) is 11.8 Å². The summed E-state index contributed by atoms with van der Waals surface area (Å²) in [5.74, 6) is 0.343. The number of aryl methyl sites for hydroxylation is 2. The molecule has 2 amide bonds. The minimum Gasteiger partial charge on any atom is -0.348 e. The number of pyridine rings is 2. The fraction of sp³-hybridized carbons (Fsp3) is 0.286. The van der Waals surface area contributed by atoms with Crippen LogP contribution >= 0.6 is 0 Å². The summed E-state index contributed by atoms with van der Waals surface area (Å²) in [5, 5.41) is 2.99. The lowest BCUT2D eigenvalue weighted by Gasteiger charge is -2.32. The number of fused-ring (bicyclic) bond motifs is 1. The van der Waals surface area contributed by atoms with E-state index in [9.17, 15) is 9.59 Å². The zero-order valence-corrected chi connectivity index (χ0v) is 20.1. The lowest BCUT2D eigenvalue weighted by atomic mass is 9.88. The molecule has 0 saturated carbocycles. The molecule has 178 valence electrons. The van der Waals surface area contributed by atoms with E-state index < -0.39 is 0 Å². The van der Waals surface area contributed by atoms with Gasteiger partial charge in [-0.05, 0) is 79.6 Å². The summed E-state index contributed by atoms with van der Waals surface area (Å²) in [6, 6.07) is 13.7. The number of aromatic nitrogens is 3. The molecule has 1 fully saturated rings. The summed E-state index contributed by atoms with van der Waals surface area (Å²) in [7, 11) is 0. The third-order valence-corrected chi connectivity index (χ3v) is 6.93. The van der Waals surface area contributed by atoms with E-state index in [1.54, 1.807) is 12.4 Å². The van der Waals surface area contributed by atoms with Crippen LogP contribution in [0, 0.1) is 13.8 Å². The number of benzene rings is 1. The lowest BCUT2D eigenvalue weighted by Crippen LogP contribution is -2.38. The molecule has 3 aromatic heterocycles. The summed E-state index contributed by atoms with van der Waals surface area (Å²) in [6.07, 6.45) is 9.08. The molecular formula is C28H29N5O2. The second-order valence-corrected chi connectivity index (χ2v) is 9.23. The van der Waals surface area contributed by atoms with Crippen LogP contribution in [0.15, 0.2) is 67.3 Å². The minimum atomic E-state index is -0.0952. The molecule has 0 radical (unpaired) electrons. The van der Waals surface area contributed by atoms with Crippen LogP contribution in [-0.2, 0) is 6.54 Å². The number of nitrogens with one attached hydrogen (secondary N) is 1. The number of carbonyl (C=O) groups is 2. The number of nitrogens with zero attached hydrogens (tertiary/aromatic N) is 4. The molecule has 1 aliphatic rings. The Morgan fingerprint density at radius 3 is 2.49 bits per heavy atom. The van der Waals surface area contributed by atoms with Gasteiger partial charge in [0.15, 0.2) is 0 Å². The summed E-state index contributed by atoms with van der Waals surface area (Å²) < 4.78 is 1.94. The first kappa shape index (κ1) is 22.8. The Morgan fingerprint density at radius 1 is 0.971 bits per heavy atom. The van der Waals surface area contributed by atoms with Gasteiger partial charge in [0.05, 0.1) is 5.56 Å². The first-order valence-electron chi connectivity index (χ1n) is 12.0. The van der Waals surface area contributed by atoms with E-state index in [4.69, 9.17) is 0 Å². The average Bonchev–Trinajstić information content (AvgIpc) is 3.37.